The largest absolute Gasteiger partial charge is 0.360 e. The number of carbonyl (C=O) groups excluding carboxylic acids is 1. The number of hydrogen-bond donors (Lipinski definition) is 2. The van der Waals surface area contributed by atoms with Crippen molar-refractivity contribution in [1.82, 2.24) is 9.88 Å². The monoisotopic (exact) mass is 309 g/mol. The number of benzene rings is 1. The van der Waals surface area contributed by atoms with E-state index >= 15 is 0 Å². The van der Waals surface area contributed by atoms with Gasteiger partial charge in [0.2, 0.25) is 15.9 Å². The van der Waals surface area contributed by atoms with Gasteiger partial charge in [-0.2, -0.15) is 0 Å². The zero-order valence-electron chi connectivity index (χ0n) is 11.6. The van der Waals surface area contributed by atoms with Gasteiger partial charge in [0, 0.05) is 6.07 Å². The van der Waals surface area contributed by atoms with Crippen molar-refractivity contribution in [1.29, 1.82) is 0 Å². The van der Waals surface area contributed by atoms with Gasteiger partial charge < -0.3 is 9.84 Å². The van der Waals surface area contributed by atoms with Crippen LogP contribution in [0.4, 0.5) is 5.82 Å². The second kappa shape index (κ2) is 6.06. The Morgan fingerprint density at radius 2 is 2.05 bits per heavy atom. The fourth-order valence-corrected chi connectivity index (χ4v) is 2.73. The molecule has 0 aliphatic rings. The van der Waals surface area contributed by atoms with Crippen LogP contribution in [0.3, 0.4) is 0 Å². The van der Waals surface area contributed by atoms with Crippen LogP contribution in [-0.2, 0) is 14.8 Å². The molecule has 1 aromatic heterocycles. The van der Waals surface area contributed by atoms with Gasteiger partial charge in [0.15, 0.2) is 5.82 Å². The normalized spacial score (nSPS) is 11.3. The molecule has 0 spiro atoms. The zero-order chi connectivity index (χ0) is 15.5. The van der Waals surface area contributed by atoms with Crippen LogP contribution in [0, 0.1) is 13.8 Å². The van der Waals surface area contributed by atoms with Crippen LogP contribution >= 0.6 is 0 Å². The second-order valence-electron chi connectivity index (χ2n) is 4.51. The first-order valence-electron chi connectivity index (χ1n) is 6.16. The quantitative estimate of drug-likeness (QED) is 0.864. The third-order valence-electron chi connectivity index (χ3n) is 2.62. The van der Waals surface area contributed by atoms with Crippen molar-refractivity contribution in [2.75, 3.05) is 11.9 Å². The molecule has 0 saturated heterocycles. The molecule has 0 atom stereocenters. The molecule has 2 rings (SSSR count). The number of rotatable bonds is 5. The summed E-state index contributed by atoms with van der Waals surface area (Å²) in [6.45, 7) is 3.09. The summed E-state index contributed by atoms with van der Waals surface area (Å²) in [7, 11) is -3.72. The van der Waals surface area contributed by atoms with Gasteiger partial charge in [-0.05, 0) is 31.5 Å². The van der Waals surface area contributed by atoms with Gasteiger partial charge in [-0.1, -0.05) is 17.3 Å². The smallest absolute Gasteiger partial charge is 0.241 e. The molecule has 8 heteroatoms. The van der Waals surface area contributed by atoms with E-state index in [4.69, 9.17) is 4.52 Å². The van der Waals surface area contributed by atoms with Gasteiger partial charge >= 0.3 is 0 Å². The third kappa shape index (κ3) is 4.14. The number of sulfonamides is 1. The van der Waals surface area contributed by atoms with E-state index in [9.17, 15) is 13.2 Å². The highest BCUT2D eigenvalue weighted by Crippen LogP contribution is 2.10. The molecule has 2 aromatic rings. The Labute approximate surface area is 122 Å². The van der Waals surface area contributed by atoms with E-state index in [1.165, 1.54) is 18.2 Å². The summed E-state index contributed by atoms with van der Waals surface area (Å²) in [5, 5.41) is 6.01. The molecule has 21 heavy (non-hydrogen) atoms. The second-order valence-corrected chi connectivity index (χ2v) is 6.28. The molecule has 0 unspecified atom stereocenters. The van der Waals surface area contributed by atoms with Gasteiger partial charge in [0.1, 0.15) is 5.76 Å². The lowest BCUT2D eigenvalue weighted by atomic mass is 10.2. The summed E-state index contributed by atoms with van der Waals surface area (Å²) in [6, 6.07) is 7.96. The van der Waals surface area contributed by atoms with Gasteiger partial charge in [-0.25, -0.2) is 13.1 Å². The first-order valence-corrected chi connectivity index (χ1v) is 7.64. The molecular formula is C13H15N3O4S. The van der Waals surface area contributed by atoms with Crippen molar-refractivity contribution < 1.29 is 17.7 Å². The van der Waals surface area contributed by atoms with Gasteiger partial charge in [-0.15, -0.1) is 0 Å². The van der Waals surface area contributed by atoms with Gasteiger partial charge in [0.05, 0.1) is 11.4 Å². The van der Waals surface area contributed by atoms with Crippen molar-refractivity contribution in [3.8, 4) is 0 Å². The average molecular weight is 309 g/mol. The third-order valence-corrected chi connectivity index (χ3v) is 4.02. The number of anilines is 1. The summed E-state index contributed by atoms with van der Waals surface area (Å²) < 4.78 is 31.1. The van der Waals surface area contributed by atoms with E-state index in [2.05, 4.69) is 15.2 Å². The standard InChI is InChI=1S/C13H15N3O4S/c1-9-4-3-5-11(6-9)21(18,19)14-8-13(17)15-12-7-10(2)20-16-12/h3-7,14H,8H2,1-2H3,(H,15,16,17). The molecule has 0 fully saturated rings. The van der Waals surface area contributed by atoms with Crippen LogP contribution in [0.15, 0.2) is 39.8 Å². The van der Waals surface area contributed by atoms with Crippen molar-refractivity contribution in [2.24, 2.45) is 0 Å². The van der Waals surface area contributed by atoms with Crippen molar-refractivity contribution in [3.63, 3.8) is 0 Å². The fraction of sp³-hybridized carbons (Fsp3) is 0.231. The highest BCUT2D eigenvalue weighted by Gasteiger charge is 2.16. The summed E-state index contributed by atoms with van der Waals surface area (Å²) in [6.07, 6.45) is 0. The van der Waals surface area contributed by atoms with Crippen LogP contribution in [-0.4, -0.2) is 26.0 Å². The molecule has 112 valence electrons. The summed E-state index contributed by atoms with van der Waals surface area (Å²) in [5.41, 5.74) is 0.820. The van der Waals surface area contributed by atoms with E-state index in [0.29, 0.717) is 5.76 Å². The van der Waals surface area contributed by atoms with Crippen molar-refractivity contribution in [2.45, 2.75) is 18.7 Å². The average Bonchev–Trinajstić information content (AvgIpc) is 2.82. The lowest BCUT2D eigenvalue weighted by Gasteiger charge is -2.07. The van der Waals surface area contributed by atoms with Crippen molar-refractivity contribution in [3.05, 3.63) is 41.7 Å². The van der Waals surface area contributed by atoms with E-state index in [1.54, 1.807) is 26.0 Å². The van der Waals surface area contributed by atoms with Crippen LogP contribution < -0.4 is 10.0 Å². The topological polar surface area (TPSA) is 101 Å². The Balaban J connectivity index is 1.97. The maximum atomic E-state index is 12.0. The van der Waals surface area contributed by atoms with Gasteiger partial charge in [-0.3, -0.25) is 4.79 Å². The molecule has 0 saturated carbocycles. The maximum Gasteiger partial charge on any atom is 0.241 e. The molecule has 1 amide bonds. The molecule has 7 nitrogen and oxygen atoms in total. The summed E-state index contributed by atoms with van der Waals surface area (Å²) in [5.74, 6) is 0.262. The van der Waals surface area contributed by atoms with Crippen LogP contribution in [0.2, 0.25) is 0 Å². The van der Waals surface area contributed by atoms with E-state index in [0.717, 1.165) is 5.56 Å². The Hall–Kier alpha value is -2.19. The number of aromatic nitrogens is 1. The Morgan fingerprint density at radius 3 is 2.67 bits per heavy atom. The number of nitrogens with zero attached hydrogens (tertiary/aromatic N) is 1. The van der Waals surface area contributed by atoms with Crippen molar-refractivity contribution >= 4 is 21.7 Å². The van der Waals surface area contributed by atoms with E-state index in [-0.39, 0.29) is 17.3 Å². The molecule has 2 N–H and O–H groups in total. The number of amides is 1. The Bertz CT molecular complexity index is 752. The van der Waals surface area contributed by atoms with Crippen LogP contribution in [0.25, 0.3) is 0 Å². The number of carbonyl (C=O) groups is 1. The van der Waals surface area contributed by atoms with Gasteiger partial charge in [0.25, 0.3) is 0 Å². The fourth-order valence-electron chi connectivity index (χ4n) is 1.64. The minimum absolute atomic E-state index is 0.118. The predicted octanol–water partition coefficient (Wildman–Crippen LogP) is 1.21. The predicted molar refractivity (Wildman–Crippen MR) is 76.2 cm³/mol. The number of nitrogens with one attached hydrogen (secondary N) is 2. The zero-order valence-corrected chi connectivity index (χ0v) is 12.4. The highest BCUT2D eigenvalue weighted by molar-refractivity contribution is 7.89. The first-order chi connectivity index (χ1) is 9.87. The van der Waals surface area contributed by atoms with E-state index in [1.807, 2.05) is 0 Å². The molecule has 0 bridgehead atoms. The lowest BCUT2D eigenvalue weighted by molar-refractivity contribution is -0.115. The van der Waals surface area contributed by atoms with E-state index < -0.39 is 15.9 Å². The number of aryl methyl sites for hydroxylation is 2. The summed E-state index contributed by atoms with van der Waals surface area (Å²) in [4.78, 5) is 11.8. The first kappa shape index (κ1) is 15.2. The Kier molecular flexibility index (Phi) is 4.39. The summed E-state index contributed by atoms with van der Waals surface area (Å²) >= 11 is 0. The molecular weight excluding hydrogens is 294 g/mol. The minimum Gasteiger partial charge on any atom is -0.360 e. The number of hydrogen-bond acceptors (Lipinski definition) is 5. The Morgan fingerprint density at radius 1 is 1.29 bits per heavy atom. The van der Waals surface area contributed by atoms with Crippen LogP contribution in [0.1, 0.15) is 11.3 Å². The van der Waals surface area contributed by atoms with Crippen LogP contribution in [0.5, 0.6) is 0 Å². The molecule has 1 heterocycles. The molecule has 0 aliphatic heterocycles. The molecule has 0 aliphatic carbocycles. The molecule has 1 aromatic carbocycles. The highest BCUT2D eigenvalue weighted by atomic mass is 32.2. The maximum absolute atomic E-state index is 12.0. The molecule has 0 radical (unpaired) electrons. The SMILES string of the molecule is Cc1cccc(S(=O)(=O)NCC(=O)Nc2cc(C)on2)c1. The minimum atomic E-state index is -3.72. The lowest BCUT2D eigenvalue weighted by Crippen LogP contribution is -2.33.